The molecule has 0 amide bonds. The number of carbonyl (C=O) groups is 2. The quantitative estimate of drug-likeness (QED) is 0.577. The number of benzene rings is 1. The van der Waals surface area contributed by atoms with E-state index in [1.807, 2.05) is 4.72 Å². The van der Waals surface area contributed by atoms with Gasteiger partial charge in [0.2, 0.25) is 10.0 Å². The molecule has 3 N–H and O–H groups in total. The lowest BCUT2D eigenvalue weighted by atomic mass is 10.1. The van der Waals surface area contributed by atoms with Crippen molar-refractivity contribution in [2.45, 2.75) is 12.5 Å². The average molecular weight is 317 g/mol. The Hall–Kier alpha value is -2.13. The minimum Gasteiger partial charge on any atom is -0.508 e. The Kier molecular flexibility index (Phi) is 5.68. The van der Waals surface area contributed by atoms with Gasteiger partial charge in [-0.15, -0.1) is 0 Å². The molecular formula is C12H15NO7S. The maximum absolute atomic E-state index is 11.6. The third-order valence-corrected chi connectivity index (χ3v) is 3.79. The van der Waals surface area contributed by atoms with Crippen LogP contribution in [-0.4, -0.2) is 49.5 Å². The van der Waals surface area contributed by atoms with E-state index in [1.165, 1.54) is 24.3 Å². The van der Waals surface area contributed by atoms with E-state index in [4.69, 9.17) is 10.2 Å². The summed E-state index contributed by atoms with van der Waals surface area (Å²) in [5.74, 6) is -3.31. The number of aromatic hydroxyl groups is 1. The van der Waals surface area contributed by atoms with Gasteiger partial charge >= 0.3 is 11.9 Å². The molecule has 1 aromatic rings. The van der Waals surface area contributed by atoms with Crippen molar-refractivity contribution < 1.29 is 33.0 Å². The molecule has 1 rings (SSSR count). The highest BCUT2D eigenvalue weighted by atomic mass is 32.2. The second-order valence-corrected chi connectivity index (χ2v) is 5.97. The summed E-state index contributed by atoms with van der Waals surface area (Å²) in [7, 11) is -3.09. The Morgan fingerprint density at radius 2 is 1.86 bits per heavy atom. The van der Waals surface area contributed by atoms with Crippen molar-refractivity contribution in [1.29, 1.82) is 0 Å². The number of esters is 1. The normalized spacial score (nSPS) is 12.6. The Morgan fingerprint density at radius 1 is 1.29 bits per heavy atom. The standard InChI is InChI=1S/C12H15NO7S/c1-20-11(15)7-21(18,19)13-10(12(16)17)6-8-2-4-9(14)5-3-8/h2-5,10,13-14H,6-7H2,1H3,(H,16,17)/t10-/m1/s1. The Bertz CT molecular complexity index is 609. The van der Waals surface area contributed by atoms with Gasteiger partial charge in [0.1, 0.15) is 11.8 Å². The molecule has 0 saturated heterocycles. The molecular weight excluding hydrogens is 302 g/mol. The second kappa shape index (κ2) is 7.04. The van der Waals surface area contributed by atoms with Gasteiger partial charge in [-0.25, -0.2) is 13.1 Å². The molecule has 1 aromatic carbocycles. The van der Waals surface area contributed by atoms with Crippen LogP contribution >= 0.6 is 0 Å². The van der Waals surface area contributed by atoms with Gasteiger partial charge in [0.25, 0.3) is 0 Å². The molecule has 21 heavy (non-hydrogen) atoms. The molecule has 116 valence electrons. The summed E-state index contributed by atoms with van der Waals surface area (Å²) >= 11 is 0. The molecule has 0 spiro atoms. The van der Waals surface area contributed by atoms with Gasteiger partial charge in [-0.05, 0) is 24.1 Å². The largest absolute Gasteiger partial charge is 0.508 e. The molecule has 8 nitrogen and oxygen atoms in total. The van der Waals surface area contributed by atoms with Crippen molar-refractivity contribution in [2.75, 3.05) is 12.9 Å². The first-order valence-corrected chi connectivity index (χ1v) is 7.46. The van der Waals surface area contributed by atoms with Crippen LogP contribution in [0.1, 0.15) is 5.56 Å². The summed E-state index contributed by atoms with van der Waals surface area (Å²) in [6, 6.07) is 4.23. The van der Waals surface area contributed by atoms with Crippen LogP contribution < -0.4 is 4.72 Å². The van der Waals surface area contributed by atoms with E-state index in [-0.39, 0.29) is 12.2 Å². The molecule has 0 radical (unpaired) electrons. The lowest BCUT2D eigenvalue weighted by Crippen LogP contribution is -2.44. The first-order chi connectivity index (χ1) is 9.73. The number of hydrogen-bond donors (Lipinski definition) is 3. The van der Waals surface area contributed by atoms with Crippen molar-refractivity contribution in [3.8, 4) is 5.75 Å². The summed E-state index contributed by atoms with van der Waals surface area (Å²) in [6.07, 6.45) is -0.129. The zero-order valence-electron chi connectivity index (χ0n) is 11.1. The van der Waals surface area contributed by atoms with E-state index in [2.05, 4.69) is 4.74 Å². The van der Waals surface area contributed by atoms with Gasteiger partial charge in [0.05, 0.1) is 7.11 Å². The van der Waals surface area contributed by atoms with Gasteiger partial charge in [-0.3, -0.25) is 9.59 Å². The van der Waals surface area contributed by atoms with Crippen LogP contribution in [0.4, 0.5) is 0 Å². The monoisotopic (exact) mass is 317 g/mol. The fraction of sp³-hybridized carbons (Fsp3) is 0.333. The van der Waals surface area contributed by atoms with E-state index in [9.17, 15) is 18.0 Å². The first kappa shape index (κ1) is 16.9. The molecule has 1 atom stereocenters. The van der Waals surface area contributed by atoms with Crippen LogP contribution in [0.5, 0.6) is 5.75 Å². The number of nitrogens with one attached hydrogen (secondary N) is 1. The molecule has 0 aliphatic rings. The van der Waals surface area contributed by atoms with Crippen LogP contribution in [0.2, 0.25) is 0 Å². The van der Waals surface area contributed by atoms with Crippen LogP contribution in [0.15, 0.2) is 24.3 Å². The van der Waals surface area contributed by atoms with Crippen LogP contribution in [0, 0.1) is 0 Å². The maximum Gasteiger partial charge on any atom is 0.322 e. The number of rotatable bonds is 7. The number of sulfonamides is 1. The van der Waals surface area contributed by atoms with Crippen molar-refractivity contribution in [3.05, 3.63) is 29.8 Å². The number of carboxylic acid groups (broad SMARTS) is 1. The summed E-state index contributed by atoms with van der Waals surface area (Å²) < 4.78 is 29.4. The number of carboxylic acids is 1. The van der Waals surface area contributed by atoms with Gasteiger partial charge in [0.15, 0.2) is 5.75 Å². The highest BCUT2D eigenvalue weighted by Gasteiger charge is 2.26. The molecule has 9 heteroatoms. The highest BCUT2D eigenvalue weighted by molar-refractivity contribution is 7.90. The Balaban J connectivity index is 2.81. The van der Waals surface area contributed by atoms with Crippen molar-refractivity contribution >= 4 is 22.0 Å². The zero-order chi connectivity index (χ0) is 16.0. The Morgan fingerprint density at radius 3 is 2.33 bits per heavy atom. The van der Waals surface area contributed by atoms with Gasteiger partial charge in [0, 0.05) is 0 Å². The predicted octanol–water partition coefficient (Wildman–Crippen LogP) is -0.520. The number of phenols is 1. The topological polar surface area (TPSA) is 130 Å². The van der Waals surface area contributed by atoms with Crippen LogP contribution in [-0.2, 0) is 30.8 Å². The SMILES string of the molecule is COC(=O)CS(=O)(=O)N[C@H](Cc1ccc(O)cc1)C(=O)O. The predicted molar refractivity (Wildman–Crippen MR) is 72.2 cm³/mol. The minimum atomic E-state index is -4.12. The molecule has 0 aliphatic carbocycles. The number of carbonyl (C=O) groups excluding carboxylic acids is 1. The van der Waals surface area contributed by atoms with Crippen molar-refractivity contribution in [2.24, 2.45) is 0 Å². The van der Waals surface area contributed by atoms with E-state index in [0.29, 0.717) is 5.56 Å². The minimum absolute atomic E-state index is 0.0110. The summed E-state index contributed by atoms with van der Waals surface area (Å²) in [5.41, 5.74) is 0.515. The number of hydrogen-bond acceptors (Lipinski definition) is 6. The van der Waals surface area contributed by atoms with Crippen LogP contribution in [0.25, 0.3) is 0 Å². The molecule has 0 heterocycles. The molecule has 0 aliphatic heterocycles. The number of aliphatic carboxylic acids is 1. The molecule has 0 aromatic heterocycles. The van der Waals surface area contributed by atoms with Gasteiger partial charge < -0.3 is 14.9 Å². The summed E-state index contributed by atoms with van der Waals surface area (Å²) in [4.78, 5) is 22.1. The van der Waals surface area contributed by atoms with E-state index >= 15 is 0 Å². The first-order valence-electron chi connectivity index (χ1n) is 5.81. The average Bonchev–Trinajstić information content (AvgIpc) is 2.39. The zero-order valence-corrected chi connectivity index (χ0v) is 12.0. The molecule has 0 unspecified atom stereocenters. The summed E-state index contributed by atoms with van der Waals surface area (Å²) in [5, 5.41) is 18.2. The lowest BCUT2D eigenvalue weighted by Gasteiger charge is -2.14. The van der Waals surface area contributed by atoms with E-state index < -0.39 is 33.8 Å². The number of methoxy groups -OCH3 is 1. The van der Waals surface area contributed by atoms with Gasteiger partial charge in [-0.2, -0.15) is 0 Å². The molecule has 0 bridgehead atoms. The van der Waals surface area contributed by atoms with Crippen molar-refractivity contribution in [3.63, 3.8) is 0 Å². The van der Waals surface area contributed by atoms with E-state index in [1.54, 1.807) is 0 Å². The third-order valence-electron chi connectivity index (χ3n) is 2.53. The summed E-state index contributed by atoms with van der Waals surface area (Å²) in [6.45, 7) is 0. The fourth-order valence-corrected chi connectivity index (χ4v) is 2.65. The number of ether oxygens (including phenoxy) is 1. The second-order valence-electron chi connectivity index (χ2n) is 4.21. The molecule has 0 saturated carbocycles. The fourth-order valence-electron chi connectivity index (χ4n) is 1.52. The van der Waals surface area contributed by atoms with E-state index in [0.717, 1.165) is 7.11 Å². The van der Waals surface area contributed by atoms with Crippen molar-refractivity contribution in [1.82, 2.24) is 4.72 Å². The third kappa shape index (κ3) is 5.79. The van der Waals surface area contributed by atoms with Gasteiger partial charge in [-0.1, -0.05) is 12.1 Å². The lowest BCUT2D eigenvalue weighted by molar-refractivity contribution is -0.139. The Labute approximate surface area is 121 Å². The molecule has 0 fully saturated rings. The van der Waals surface area contributed by atoms with Crippen LogP contribution in [0.3, 0.4) is 0 Å². The maximum atomic E-state index is 11.6. The smallest absolute Gasteiger partial charge is 0.322 e. The highest BCUT2D eigenvalue weighted by Crippen LogP contribution is 2.11. The number of phenolic OH excluding ortho intramolecular Hbond substituents is 1.